The van der Waals surface area contributed by atoms with Crippen molar-refractivity contribution in [2.45, 2.75) is 32.8 Å². The van der Waals surface area contributed by atoms with Crippen LogP contribution in [-0.4, -0.2) is 15.9 Å². The van der Waals surface area contributed by atoms with Gasteiger partial charge in [0.25, 0.3) is 5.56 Å². The number of nitrogens with zero attached hydrogens (tertiary/aromatic N) is 3. The lowest BCUT2D eigenvalue weighted by atomic mass is 10.2. The van der Waals surface area contributed by atoms with Gasteiger partial charge in [-0.1, -0.05) is 71.2 Å². The number of fused-ring (bicyclic) bond motifs is 1. The van der Waals surface area contributed by atoms with Crippen LogP contribution in [0.5, 0.6) is 5.75 Å². The van der Waals surface area contributed by atoms with Gasteiger partial charge in [0.1, 0.15) is 18.2 Å². The molecule has 0 aliphatic carbocycles. The standard InChI is InChI=1S/C26H23BrClN3O2/c1-2-3-9-25-30-23-12-10-20(27)15-22(23)26(32)31(25)29-16-19-14-21(28)11-13-24(19)33-17-18-7-5-4-6-8-18/h4-8,10-16H,2-3,9,17H2,1H3. The van der Waals surface area contributed by atoms with Crippen LogP contribution in [0.3, 0.4) is 0 Å². The maximum absolute atomic E-state index is 13.3. The summed E-state index contributed by atoms with van der Waals surface area (Å²) < 4.78 is 8.22. The van der Waals surface area contributed by atoms with Crippen LogP contribution in [0.1, 0.15) is 36.7 Å². The minimum absolute atomic E-state index is 0.211. The first-order valence-corrected chi connectivity index (χ1v) is 11.9. The van der Waals surface area contributed by atoms with E-state index < -0.39 is 0 Å². The Hall–Kier alpha value is -2.96. The Kier molecular flexibility index (Phi) is 7.57. The molecule has 4 rings (SSSR count). The predicted molar refractivity (Wildman–Crippen MR) is 138 cm³/mol. The summed E-state index contributed by atoms with van der Waals surface area (Å²) in [5, 5.41) is 5.59. The van der Waals surface area contributed by atoms with E-state index in [0.29, 0.717) is 46.1 Å². The number of hydrogen-bond donors (Lipinski definition) is 0. The molecule has 5 nitrogen and oxygen atoms in total. The number of halogens is 2. The fraction of sp³-hybridized carbons (Fsp3) is 0.192. The highest BCUT2D eigenvalue weighted by Crippen LogP contribution is 2.23. The normalized spacial score (nSPS) is 11.4. The Morgan fingerprint density at radius 1 is 1.12 bits per heavy atom. The van der Waals surface area contributed by atoms with Crippen LogP contribution in [0, 0.1) is 0 Å². The lowest BCUT2D eigenvalue weighted by Crippen LogP contribution is -2.22. The highest BCUT2D eigenvalue weighted by atomic mass is 79.9. The minimum Gasteiger partial charge on any atom is -0.488 e. The SMILES string of the molecule is CCCCc1nc2ccc(Br)cc2c(=O)n1N=Cc1cc(Cl)ccc1OCc1ccccc1. The Bertz CT molecular complexity index is 1350. The Morgan fingerprint density at radius 3 is 2.73 bits per heavy atom. The molecule has 1 heterocycles. The molecular formula is C26H23BrClN3O2. The van der Waals surface area contributed by atoms with Crippen LogP contribution < -0.4 is 10.3 Å². The molecule has 7 heteroatoms. The van der Waals surface area contributed by atoms with Crippen LogP contribution in [0.4, 0.5) is 0 Å². The Morgan fingerprint density at radius 2 is 1.94 bits per heavy atom. The lowest BCUT2D eigenvalue weighted by molar-refractivity contribution is 0.306. The topological polar surface area (TPSA) is 56.5 Å². The van der Waals surface area contributed by atoms with Crippen molar-refractivity contribution in [1.29, 1.82) is 0 Å². The molecule has 0 unspecified atom stereocenters. The van der Waals surface area contributed by atoms with E-state index in [-0.39, 0.29) is 5.56 Å². The van der Waals surface area contributed by atoms with Crippen LogP contribution in [0.15, 0.2) is 81.1 Å². The van der Waals surface area contributed by atoms with Crippen molar-refractivity contribution >= 4 is 44.6 Å². The molecule has 0 amide bonds. The van der Waals surface area contributed by atoms with Gasteiger partial charge in [-0.25, -0.2) is 4.98 Å². The van der Waals surface area contributed by atoms with Crippen LogP contribution in [-0.2, 0) is 13.0 Å². The predicted octanol–water partition coefficient (Wildman–Crippen LogP) is 6.62. The van der Waals surface area contributed by atoms with Crippen molar-refractivity contribution in [2.75, 3.05) is 0 Å². The van der Waals surface area contributed by atoms with Gasteiger partial charge in [-0.05, 0) is 48.4 Å². The molecule has 0 saturated carbocycles. The third-order valence-electron chi connectivity index (χ3n) is 5.15. The van der Waals surface area contributed by atoms with Crippen LogP contribution >= 0.6 is 27.5 Å². The highest BCUT2D eigenvalue weighted by Gasteiger charge is 2.11. The molecule has 0 saturated heterocycles. The summed E-state index contributed by atoms with van der Waals surface area (Å²) >= 11 is 9.67. The zero-order valence-corrected chi connectivity index (χ0v) is 20.5. The van der Waals surface area contributed by atoms with E-state index in [1.54, 1.807) is 24.4 Å². The molecule has 0 aliphatic rings. The van der Waals surface area contributed by atoms with Crippen molar-refractivity contribution in [3.05, 3.63) is 104 Å². The Labute approximate surface area is 205 Å². The van der Waals surface area contributed by atoms with Crippen molar-refractivity contribution in [3.63, 3.8) is 0 Å². The van der Waals surface area contributed by atoms with Crippen molar-refractivity contribution in [3.8, 4) is 5.75 Å². The molecule has 0 spiro atoms. The van der Waals surface area contributed by atoms with Gasteiger partial charge >= 0.3 is 0 Å². The van der Waals surface area contributed by atoms with E-state index >= 15 is 0 Å². The van der Waals surface area contributed by atoms with Gasteiger partial charge in [0.15, 0.2) is 0 Å². The molecule has 0 atom stereocenters. The monoisotopic (exact) mass is 523 g/mol. The van der Waals surface area contributed by atoms with E-state index in [1.807, 2.05) is 48.5 Å². The summed E-state index contributed by atoms with van der Waals surface area (Å²) in [6.45, 7) is 2.52. The number of benzene rings is 3. The van der Waals surface area contributed by atoms with Gasteiger partial charge in [-0.15, -0.1) is 0 Å². The van der Waals surface area contributed by atoms with Gasteiger partial charge in [-0.3, -0.25) is 4.79 Å². The second kappa shape index (κ2) is 10.8. The van der Waals surface area contributed by atoms with E-state index in [0.717, 1.165) is 22.9 Å². The number of unbranched alkanes of at least 4 members (excludes halogenated alkanes) is 1. The molecule has 3 aromatic carbocycles. The fourth-order valence-electron chi connectivity index (χ4n) is 3.42. The third-order valence-corrected chi connectivity index (χ3v) is 5.88. The molecule has 33 heavy (non-hydrogen) atoms. The Balaban J connectivity index is 1.72. The van der Waals surface area contributed by atoms with E-state index in [1.165, 1.54) is 4.68 Å². The number of rotatable bonds is 8. The zero-order chi connectivity index (χ0) is 23.2. The van der Waals surface area contributed by atoms with Gasteiger partial charge in [0.05, 0.1) is 17.1 Å². The molecule has 0 bridgehead atoms. The number of aromatic nitrogens is 2. The molecule has 4 aromatic rings. The zero-order valence-electron chi connectivity index (χ0n) is 18.2. The summed E-state index contributed by atoms with van der Waals surface area (Å²) in [6, 6.07) is 20.8. The first-order valence-electron chi connectivity index (χ1n) is 10.8. The molecule has 168 valence electrons. The van der Waals surface area contributed by atoms with E-state index in [2.05, 4.69) is 28.0 Å². The summed E-state index contributed by atoms with van der Waals surface area (Å²) in [6.07, 6.45) is 4.16. The van der Waals surface area contributed by atoms with Crippen LogP contribution in [0.2, 0.25) is 5.02 Å². The first-order chi connectivity index (χ1) is 16.0. The molecule has 0 fully saturated rings. The highest BCUT2D eigenvalue weighted by molar-refractivity contribution is 9.10. The summed E-state index contributed by atoms with van der Waals surface area (Å²) in [5.74, 6) is 1.26. The second-order valence-electron chi connectivity index (χ2n) is 7.61. The van der Waals surface area contributed by atoms with E-state index in [9.17, 15) is 4.79 Å². The van der Waals surface area contributed by atoms with Gasteiger partial charge in [0.2, 0.25) is 0 Å². The summed E-state index contributed by atoms with van der Waals surface area (Å²) in [7, 11) is 0. The molecule has 0 radical (unpaired) electrons. The molecule has 0 N–H and O–H groups in total. The number of hydrogen-bond acceptors (Lipinski definition) is 4. The second-order valence-corrected chi connectivity index (χ2v) is 8.96. The maximum Gasteiger partial charge on any atom is 0.282 e. The number of ether oxygens (including phenoxy) is 1. The summed E-state index contributed by atoms with van der Waals surface area (Å²) in [4.78, 5) is 18.0. The molecule has 0 aliphatic heterocycles. The van der Waals surface area contributed by atoms with Crippen molar-refractivity contribution in [1.82, 2.24) is 9.66 Å². The largest absolute Gasteiger partial charge is 0.488 e. The average molecular weight is 525 g/mol. The smallest absolute Gasteiger partial charge is 0.282 e. The molecular weight excluding hydrogens is 502 g/mol. The van der Waals surface area contributed by atoms with Gasteiger partial charge < -0.3 is 4.74 Å². The lowest BCUT2D eigenvalue weighted by Gasteiger charge is -2.11. The van der Waals surface area contributed by atoms with E-state index in [4.69, 9.17) is 21.3 Å². The van der Waals surface area contributed by atoms with Gasteiger partial charge in [-0.2, -0.15) is 9.78 Å². The quantitative estimate of drug-likeness (QED) is 0.244. The fourth-order valence-corrected chi connectivity index (χ4v) is 3.96. The molecule has 1 aromatic heterocycles. The minimum atomic E-state index is -0.211. The average Bonchev–Trinajstić information content (AvgIpc) is 2.83. The van der Waals surface area contributed by atoms with Crippen LogP contribution in [0.25, 0.3) is 10.9 Å². The number of aryl methyl sites for hydroxylation is 1. The maximum atomic E-state index is 13.3. The van der Waals surface area contributed by atoms with Crippen molar-refractivity contribution < 1.29 is 4.74 Å². The third kappa shape index (κ3) is 5.70. The van der Waals surface area contributed by atoms with Gasteiger partial charge in [0, 0.05) is 21.5 Å². The summed E-state index contributed by atoms with van der Waals surface area (Å²) in [5.41, 5.74) is 2.19. The first kappa shape index (κ1) is 23.2. The van der Waals surface area contributed by atoms with Crippen molar-refractivity contribution in [2.24, 2.45) is 5.10 Å².